The zero-order valence-electron chi connectivity index (χ0n) is 20.5. The first-order valence-electron chi connectivity index (χ1n) is 12.1. The molecule has 0 N–H and O–H groups in total. The predicted octanol–water partition coefficient (Wildman–Crippen LogP) is 7.45. The molecule has 2 fully saturated rings. The quantitative estimate of drug-likeness (QED) is 0.279. The van der Waals surface area contributed by atoms with Crippen LogP contribution in [-0.4, -0.2) is 49.9 Å². The van der Waals surface area contributed by atoms with Gasteiger partial charge in [0.1, 0.15) is 0 Å². The molecule has 0 unspecified atom stereocenters. The molecule has 0 bridgehead atoms. The second-order valence-electron chi connectivity index (χ2n) is 11.8. The van der Waals surface area contributed by atoms with E-state index in [2.05, 4.69) is 85.9 Å². The normalized spacial score (nSPS) is 25.4. The Labute approximate surface area is 189 Å². The SMILES string of the molecule is CCC[C@H](OP1N(C[Si](C)(C)C)[C@@H]2CCCC[C@H]2N1C[Si](C)(C)C)c1ccccc1. The van der Waals surface area contributed by atoms with E-state index < -0.39 is 24.6 Å². The number of hydrogen-bond donors (Lipinski definition) is 0. The molecule has 1 aliphatic carbocycles. The van der Waals surface area contributed by atoms with Crippen LogP contribution in [0.2, 0.25) is 39.3 Å². The van der Waals surface area contributed by atoms with Crippen molar-refractivity contribution in [1.82, 2.24) is 9.34 Å². The molecule has 1 saturated heterocycles. The second kappa shape index (κ2) is 10.3. The fourth-order valence-corrected chi connectivity index (χ4v) is 12.9. The third-order valence-electron chi connectivity index (χ3n) is 6.12. The highest BCUT2D eigenvalue weighted by Crippen LogP contribution is 2.60. The lowest BCUT2D eigenvalue weighted by molar-refractivity contribution is 0.189. The maximum absolute atomic E-state index is 7.21. The second-order valence-corrected chi connectivity index (χ2v) is 24.4. The first-order chi connectivity index (χ1) is 14.1. The van der Waals surface area contributed by atoms with Crippen molar-refractivity contribution in [2.75, 3.05) is 12.3 Å². The van der Waals surface area contributed by atoms with Crippen molar-refractivity contribution in [3.8, 4) is 0 Å². The molecule has 3 rings (SSSR count). The molecule has 0 spiro atoms. The molecule has 0 radical (unpaired) electrons. The maximum Gasteiger partial charge on any atom is 0.188 e. The summed E-state index contributed by atoms with van der Waals surface area (Å²) in [4.78, 5) is 0. The Hall–Kier alpha value is -0.0362. The Balaban J connectivity index is 1.94. The van der Waals surface area contributed by atoms with Crippen molar-refractivity contribution in [2.45, 2.75) is 103 Å². The molecule has 0 aromatic heterocycles. The molecule has 1 aromatic rings. The average Bonchev–Trinajstić information content (AvgIpc) is 2.92. The number of benzene rings is 1. The minimum Gasteiger partial charge on any atom is -0.323 e. The van der Waals surface area contributed by atoms with E-state index in [1.807, 2.05) is 0 Å². The molecular formula is C24H45N2OPSi2. The summed E-state index contributed by atoms with van der Waals surface area (Å²) in [6.45, 7) is 17.5. The van der Waals surface area contributed by atoms with Gasteiger partial charge < -0.3 is 4.52 Å². The highest BCUT2D eigenvalue weighted by atomic mass is 31.2. The van der Waals surface area contributed by atoms with Crippen molar-refractivity contribution in [2.24, 2.45) is 0 Å². The van der Waals surface area contributed by atoms with Gasteiger partial charge in [0.05, 0.1) is 22.3 Å². The summed E-state index contributed by atoms with van der Waals surface area (Å²) in [7, 11) is -3.15. The van der Waals surface area contributed by atoms with Gasteiger partial charge in [0, 0.05) is 12.1 Å². The molecule has 1 aromatic carbocycles. The zero-order chi connectivity index (χ0) is 21.9. The van der Waals surface area contributed by atoms with E-state index in [4.69, 9.17) is 4.52 Å². The van der Waals surface area contributed by atoms with E-state index in [9.17, 15) is 0 Å². The smallest absolute Gasteiger partial charge is 0.188 e. The summed E-state index contributed by atoms with van der Waals surface area (Å²) in [6, 6.07) is 12.4. The van der Waals surface area contributed by atoms with E-state index in [-0.39, 0.29) is 6.10 Å². The predicted molar refractivity (Wildman–Crippen MR) is 138 cm³/mol. The van der Waals surface area contributed by atoms with Gasteiger partial charge in [-0.3, -0.25) is 0 Å². The number of nitrogens with zero attached hydrogens (tertiary/aromatic N) is 2. The van der Waals surface area contributed by atoms with Gasteiger partial charge in [-0.2, -0.15) is 0 Å². The monoisotopic (exact) mass is 464 g/mol. The van der Waals surface area contributed by atoms with Gasteiger partial charge in [0.15, 0.2) is 8.45 Å². The van der Waals surface area contributed by atoms with Crippen molar-refractivity contribution >= 4 is 24.6 Å². The molecule has 1 aliphatic heterocycles. The van der Waals surface area contributed by atoms with Crippen LogP contribution < -0.4 is 0 Å². The molecule has 3 nitrogen and oxygen atoms in total. The average molecular weight is 465 g/mol. The molecule has 3 atom stereocenters. The van der Waals surface area contributed by atoms with Crippen molar-refractivity contribution in [3.63, 3.8) is 0 Å². The third-order valence-corrected chi connectivity index (χ3v) is 11.4. The van der Waals surface area contributed by atoms with Crippen LogP contribution in [0.5, 0.6) is 0 Å². The molecule has 6 heteroatoms. The lowest BCUT2D eigenvalue weighted by Gasteiger charge is -2.37. The Morgan fingerprint density at radius 2 is 1.40 bits per heavy atom. The molecule has 0 amide bonds. The Morgan fingerprint density at radius 1 is 0.900 bits per heavy atom. The molecular weight excluding hydrogens is 419 g/mol. The number of fused-ring (bicyclic) bond motifs is 1. The van der Waals surface area contributed by atoms with Crippen LogP contribution in [0.1, 0.15) is 57.1 Å². The maximum atomic E-state index is 7.21. The van der Waals surface area contributed by atoms with Crippen LogP contribution in [0.3, 0.4) is 0 Å². The van der Waals surface area contributed by atoms with Gasteiger partial charge in [-0.05, 0) is 37.2 Å². The van der Waals surface area contributed by atoms with Crippen LogP contribution in [-0.2, 0) is 4.52 Å². The Bertz CT molecular complexity index is 629. The minimum atomic E-state index is -1.23. The molecule has 1 heterocycles. The van der Waals surface area contributed by atoms with Crippen LogP contribution in [0.4, 0.5) is 0 Å². The van der Waals surface area contributed by atoms with E-state index in [0.29, 0.717) is 12.1 Å². The van der Waals surface area contributed by atoms with Gasteiger partial charge >= 0.3 is 0 Å². The van der Waals surface area contributed by atoms with Crippen molar-refractivity contribution < 1.29 is 4.52 Å². The van der Waals surface area contributed by atoms with Crippen LogP contribution in [0.15, 0.2) is 30.3 Å². The lowest BCUT2D eigenvalue weighted by Crippen LogP contribution is -2.46. The van der Waals surface area contributed by atoms with Crippen molar-refractivity contribution in [3.05, 3.63) is 35.9 Å². The molecule has 30 heavy (non-hydrogen) atoms. The summed E-state index contributed by atoms with van der Waals surface area (Å²) in [6.07, 6.45) is 10.6. The summed E-state index contributed by atoms with van der Waals surface area (Å²) < 4.78 is 13.0. The highest BCUT2D eigenvalue weighted by molar-refractivity contribution is 7.48. The zero-order valence-corrected chi connectivity index (χ0v) is 23.4. The van der Waals surface area contributed by atoms with Gasteiger partial charge in [-0.15, -0.1) is 0 Å². The number of rotatable bonds is 9. The van der Waals surface area contributed by atoms with Crippen LogP contribution in [0.25, 0.3) is 0 Å². The van der Waals surface area contributed by atoms with Gasteiger partial charge in [-0.1, -0.05) is 95.8 Å². The lowest BCUT2D eigenvalue weighted by atomic mass is 9.90. The van der Waals surface area contributed by atoms with Crippen LogP contribution in [0, 0.1) is 0 Å². The summed E-state index contributed by atoms with van der Waals surface area (Å²) in [5, 5.41) is 0. The summed E-state index contributed by atoms with van der Waals surface area (Å²) in [5.74, 6) is 0. The third kappa shape index (κ3) is 6.49. The molecule has 1 saturated carbocycles. The Kier molecular flexibility index (Phi) is 8.42. The summed E-state index contributed by atoms with van der Waals surface area (Å²) in [5.41, 5.74) is 1.36. The highest BCUT2D eigenvalue weighted by Gasteiger charge is 2.51. The largest absolute Gasteiger partial charge is 0.323 e. The molecule has 170 valence electrons. The van der Waals surface area contributed by atoms with Gasteiger partial charge in [-0.25, -0.2) is 9.34 Å². The van der Waals surface area contributed by atoms with E-state index >= 15 is 0 Å². The Morgan fingerprint density at radius 3 is 1.83 bits per heavy atom. The fraction of sp³-hybridized carbons (Fsp3) is 0.750. The minimum absolute atomic E-state index is 0.218. The number of hydrogen-bond acceptors (Lipinski definition) is 3. The van der Waals surface area contributed by atoms with E-state index in [0.717, 1.165) is 12.8 Å². The van der Waals surface area contributed by atoms with Crippen LogP contribution >= 0.6 is 8.45 Å². The van der Waals surface area contributed by atoms with E-state index in [1.165, 1.54) is 43.6 Å². The van der Waals surface area contributed by atoms with Gasteiger partial charge in [0.2, 0.25) is 0 Å². The first kappa shape index (κ1) is 24.6. The van der Waals surface area contributed by atoms with Crippen molar-refractivity contribution in [1.29, 1.82) is 0 Å². The van der Waals surface area contributed by atoms with Gasteiger partial charge in [0.25, 0.3) is 0 Å². The first-order valence-corrected chi connectivity index (χ1v) is 20.7. The fourth-order valence-electron chi connectivity index (χ4n) is 4.96. The molecule has 2 aliphatic rings. The van der Waals surface area contributed by atoms with E-state index in [1.54, 1.807) is 0 Å². The summed E-state index contributed by atoms with van der Waals surface area (Å²) >= 11 is 0. The standard InChI is InChI=1S/C24H45N2OPSi2/c1-8-14-24(21-15-10-9-11-16-21)27-28-25(19-29(2,3)4)22-17-12-13-18-23(22)26(28)20-30(5,6)7/h9-11,15-16,22-24H,8,12-14,17-20H2,1-7H3/t22-,23-,24+/m1/s1. The topological polar surface area (TPSA) is 15.7 Å².